The second-order valence-corrected chi connectivity index (χ2v) is 7.75. The van der Waals surface area contributed by atoms with Crippen LogP contribution < -0.4 is 14.2 Å². The van der Waals surface area contributed by atoms with Crippen molar-refractivity contribution < 1.29 is 42.1 Å². The second-order valence-electron chi connectivity index (χ2n) is 7.75. The number of fused-ring (bicyclic) bond motifs is 6. The van der Waals surface area contributed by atoms with Crippen LogP contribution in [0.3, 0.4) is 0 Å². The van der Waals surface area contributed by atoms with Gasteiger partial charge in [-0.25, -0.2) is 13.6 Å². The molecule has 0 bridgehead atoms. The molecule has 0 amide bonds. The van der Waals surface area contributed by atoms with Gasteiger partial charge in [0.05, 0.1) is 0 Å². The molecule has 9 heteroatoms. The van der Waals surface area contributed by atoms with Crippen LogP contribution in [0.15, 0.2) is 60.2 Å². The summed E-state index contributed by atoms with van der Waals surface area (Å²) in [7, 11) is 0. The van der Waals surface area contributed by atoms with Crippen LogP contribution in [-0.2, 0) is 24.7 Å². The first-order valence-corrected chi connectivity index (χ1v) is 9.96. The summed E-state index contributed by atoms with van der Waals surface area (Å²) in [5.41, 5.74) is -4.71. The lowest BCUT2D eigenvalue weighted by atomic mass is 9.71. The quantitative estimate of drug-likeness (QED) is 0.501. The number of benzene rings is 2. The van der Waals surface area contributed by atoms with Crippen molar-refractivity contribution in [2.75, 3.05) is 0 Å². The van der Waals surface area contributed by atoms with Gasteiger partial charge in [0.2, 0.25) is 0 Å². The predicted molar refractivity (Wildman–Crippen MR) is 108 cm³/mol. The van der Waals surface area contributed by atoms with Crippen molar-refractivity contribution in [3.05, 3.63) is 71.3 Å². The van der Waals surface area contributed by atoms with Gasteiger partial charge in [0, 0.05) is 42.7 Å². The molecule has 5 rings (SSSR count). The third-order valence-corrected chi connectivity index (χ3v) is 5.64. The highest BCUT2D eigenvalue weighted by molar-refractivity contribution is 5.93. The highest BCUT2D eigenvalue weighted by Gasteiger charge is 2.69. The topological polar surface area (TPSA) is 88.1 Å². The number of carbonyl (C=O) groups is 3. The van der Waals surface area contributed by atoms with Crippen LogP contribution in [0.25, 0.3) is 0 Å². The molecule has 1 spiro atoms. The molecule has 168 valence electrons. The Balaban J connectivity index is 1.77. The zero-order valence-electron chi connectivity index (χ0n) is 17.4. The summed E-state index contributed by atoms with van der Waals surface area (Å²) in [6.07, 6.45) is 1.31. The van der Waals surface area contributed by atoms with Gasteiger partial charge in [-0.15, -0.1) is 0 Å². The molecule has 0 aromatic heterocycles. The highest BCUT2D eigenvalue weighted by Crippen LogP contribution is 2.61. The van der Waals surface area contributed by atoms with Gasteiger partial charge in [-0.3, -0.25) is 9.59 Å². The molecule has 2 unspecified atom stereocenters. The predicted octanol–water partition coefficient (Wildman–Crippen LogP) is 3.99. The Morgan fingerprint density at radius 3 is 2.03 bits per heavy atom. The van der Waals surface area contributed by atoms with Crippen molar-refractivity contribution in [2.24, 2.45) is 0 Å². The lowest BCUT2D eigenvalue weighted by Gasteiger charge is -2.38. The molecule has 3 aliphatic rings. The molecule has 0 saturated carbocycles. The lowest BCUT2D eigenvalue weighted by molar-refractivity contribution is -0.155. The summed E-state index contributed by atoms with van der Waals surface area (Å²) in [6, 6.07) is 8.53. The zero-order chi connectivity index (χ0) is 23.5. The van der Waals surface area contributed by atoms with Crippen molar-refractivity contribution in [1.29, 1.82) is 0 Å². The van der Waals surface area contributed by atoms with Crippen LogP contribution in [0.4, 0.5) is 8.78 Å². The van der Waals surface area contributed by atoms with Gasteiger partial charge < -0.3 is 18.9 Å². The normalized spacial score (nSPS) is 23.5. The summed E-state index contributed by atoms with van der Waals surface area (Å²) in [4.78, 5) is 35.6. The maximum atomic E-state index is 15.9. The Hall–Kier alpha value is -4.01. The van der Waals surface area contributed by atoms with Crippen LogP contribution in [0.2, 0.25) is 0 Å². The molecule has 1 aliphatic carbocycles. The van der Waals surface area contributed by atoms with Crippen LogP contribution >= 0.6 is 0 Å². The molecule has 33 heavy (non-hydrogen) atoms. The minimum Gasteiger partial charge on any atom is -0.456 e. The van der Waals surface area contributed by atoms with Gasteiger partial charge in [-0.1, -0.05) is 12.2 Å². The third-order valence-electron chi connectivity index (χ3n) is 5.64. The SMILES string of the molecule is CC(=O)Oc1ccc2c(c1)Oc1cc(OC(C)=O)ccc1C21OC(=O)C2(F)C1=CC=CC2F. The van der Waals surface area contributed by atoms with E-state index in [-0.39, 0.29) is 39.7 Å². The molecule has 2 heterocycles. The van der Waals surface area contributed by atoms with E-state index in [1.165, 1.54) is 62.4 Å². The minimum atomic E-state index is -3.04. The monoisotopic (exact) mass is 454 g/mol. The van der Waals surface area contributed by atoms with E-state index in [4.69, 9.17) is 18.9 Å². The summed E-state index contributed by atoms with van der Waals surface area (Å²) in [5, 5.41) is 0. The Morgan fingerprint density at radius 2 is 1.52 bits per heavy atom. The Morgan fingerprint density at radius 1 is 0.970 bits per heavy atom. The average molecular weight is 454 g/mol. The van der Waals surface area contributed by atoms with Crippen molar-refractivity contribution in [2.45, 2.75) is 31.3 Å². The molecular weight excluding hydrogens is 438 g/mol. The standard InChI is InChI=1S/C24H16F2O7/c1-12(27)30-14-6-8-16-18(10-14)32-19-11-15(31-13(2)28)7-9-17(19)24(16)20-4-3-5-21(25)23(20,26)22(29)33-24/h3-11,21H,1-2H3. The number of alkyl halides is 2. The first-order chi connectivity index (χ1) is 15.7. The van der Waals surface area contributed by atoms with Crippen molar-refractivity contribution in [3.63, 3.8) is 0 Å². The van der Waals surface area contributed by atoms with E-state index < -0.39 is 35.3 Å². The summed E-state index contributed by atoms with van der Waals surface area (Å²) >= 11 is 0. The van der Waals surface area contributed by atoms with E-state index in [0.29, 0.717) is 0 Å². The van der Waals surface area contributed by atoms with Crippen LogP contribution in [0, 0.1) is 0 Å². The van der Waals surface area contributed by atoms with Crippen molar-refractivity contribution in [1.82, 2.24) is 0 Å². The van der Waals surface area contributed by atoms with E-state index in [2.05, 4.69) is 0 Å². The Kier molecular flexibility index (Phi) is 4.42. The van der Waals surface area contributed by atoms with Crippen molar-refractivity contribution in [3.8, 4) is 23.0 Å². The molecule has 1 fully saturated rings. The average Bonchev–Trinajstić information content (AvgIpc) is 2.96. The first kappa shape index (κ1) is 20.9. The first-order valence-electron chi connectivity index (χ1n) is 9.96. The number of halogens is 2. The lowest BCUT2D eigenvalue weighted by Crippen LogP contribution is -2.43. The minimum absolute atomic E-state index is 0.0872. The van der Waals surface area contributed by atoms with Gasteiger partial charge in [-0.05, 0) is 30.3 Å². The van der Waals surface area contributed by atoms with Gasteiger partial charge in [0.25, 0.3) is 5.67 Å². The van der Waals surface area contributed by atoms with Gasteiger partial charge in [0.15, 0.2) is 11.8 Å². The maximum Gasteiger partial charge on any atom is 0.353 e. The van der Waals surface area contributed by atoms with E-state index >= 15 is 4.39 Å². The molecule has 2 atom stereocenters. The maximum absolute atomic E-state index is 15.9. The van der Waals surface area contributed by atoms with Crippen LogP contribution in [0.5, 0.6) is 23.0 Å². The molecule has 0 N–H and O–H groups in total. The van der Waals surface area contributed by atoms with Gasteiger partial charge in [-0.2, -0.15) is 0 Å². The molecule has 1 saturated heterocycles. The highest BCUT2D eigenvalue weighted by atomic mass is 19.2. The van der Waals surface area contributed by atoms with Crippen molar-refractivity contribution >= 4 is 17.9 Å². The van der Waals surface area contributed by atoms with Gasteiger partial charge in [0.1, 0.15) is 23.0 Å². The number of allylic oxidation sites excluding steroid dienone is 3. The fourth-order valence-electron chi connectivity index (χ4n) is 4.39. The second kappa shape index (κ2) is 6.99. The number of rotatable bonds is 2. The summed E-state index contributed by atoms with van der Waals surface area (Å²) in [5.74, 6) is -2.09. The number of carbonyl (C=O) groups excluding carboxylic acids is 3. The number of ether oxygens (including phenoxy) is 4. The van der Waals surface area contributed by atoms with Crippen LogP contribution in [0.1, 0.15) is 25.0 Å². The number of hydrogen-bond donors (Lipinski definition) is 0. The van der Waals surface area contributed by atoms with E-state index in [9.17, 15) is 18.8 Å². The molecule has 2 aromatic carbocycles. The Labute approximate surface area is 186 Å². The van der Waals surface area contributed by atoms with E-state index in [0.717, 1.165) is 6.08 Å². The third kappa shape index (κ3) is 2.88. The molecule has 7 nitrogen and oxygen atoms in total. The molecule has 2 aliphatic heterocycles. The van der Waals surface area contributed by atoms with Crippen LogP contribution in [-0.4, -0.2) is 29.7 Å². The largest absolute Gasteiger partial charge is 0.456 e. The summed E-state index contributed by atoms with van der Waals surface area (Å²) < 4.78 is 52.4. The number of hydrogen-bond acceptors (Lipinski definition) is 7. The van der Waals surface area contributed by atoms with E-state index in [1.807, 2.05) is 0 Å². The Bertz CT molecular complexity index is 1230. The fraction of sp³-hybridized carbons (Fsp3) is 0.208. The molecule has 2 aromatic rings. The number of esters is 3. The van der Waals surface area contributed by atoms with E-state index in [1.54, 1.807) is 0 Å². The smallest absolute Gasteiger partial charge is 0.353 e. The fourth-order valence-corrected chi connectivity index (χ4v) is 4.39. The molecule has 0 radical (unpaired) electrons. The van der Waals surface area contributed by atoms with Gasteiger partial charge >= 0.3 is 17.9 Å². The summed E-state index contributed by atoms with van der Waals surface area (Å²) in [6.45, 7) is 2.44. The molecular formula is C24H16F2O7. The zero-order valence-corrected chi connectivity index (χ0v) is 17.4.